The molecule has 3 nitrogen and oxygen atoms in total. The first-order valence-corrected chi connectivity index (χ1v) is 12.5. The maximum Gasteiger partial charge on any atom is 0.235 e. The highest BCUT2D eigenvalue weighted by molar-refractivity contribution is 6.90. The van der Waals surface area contributed by atoms with Crippen LogP contribution in [-0.4, -0.2) is 31.0 Å². The molecule has 0 spiro atoms. The molecule has 0 saturated carbocycles. The summed E-state index contributed by atoms with van der Waals surface area (Å²) in [5.74, 6) is 2.70. The van der Waals surface area contributed by atoms with Crippen molar-refractivity contribution in [3.63, 3.8) is 0 Å². The molecule has 0 heterocycles. The van der Waals surface area contributed by atoms with E-state index in [4.69, 9.17) is 23.2 Å². The van der Waals surface area contributed by atoms with Gasteiger partial charge in [-0.2, -0.15) is 0 Å². The second-order valence-corrected chi connectivity index (χ2v) is 14.1. The number of nitrogens with one attached hydrogen (secondary N) is 1. The summed E-state index contributed by atoms with van der Waals surface area (Å²) in [6, 6.07) is 6.19. The van der Waals surface area contributed by atoms with Gasteiger partial charge in [0.1, 0.15) is 26.1 Å². The van der Waals surface area contributed by atoms with Gasteiger partial charge in [0.05, 0.1) is 0 Å². The number of aliphatic hydroxyl groups excluding tert-OH is 1. The lowest BCUT2D eigenvalue weighted by molar-refractivity contribution is -0.119. The summed E-state index contributed by atoms with van der Waals surface area (Å²) in [5, 5.41) is 14.2. The number of rotatable bonds is 7. The zero-order valence-electron chi connectivity index (χ0n) is 17.0. The maximum atomic E-state index is 11.9. The Morgan fingerprint density at radius 1 is 1.07 bits per heavy atom. The van der Waals surface area contributed by atoms with E-state index < -0.39 is 20.2 Å². The van der Waals surface area contributed by atoms with Crippen LogP contribution in [0, 0.1) is 11.5 Å². The van der Waals surface area contributed by atoms with Gasteiger partial charge in [0.2, 0.25) is 5.91 Å². The van der Waals surface area contributed by atoms with Gasteiger partial charge in [-0.05, 0) is 34.3 Å². The maximum absolute atomic E-state index is 11.9. The summed E-state index contributed by atoms with van der Waals surface area (Å²) in [6.07, 6.45) is -0.958. The fourth-order valence-electron chi connectivity index (χ4n) is 3.89. The molecule has 1 aromatic rings. The average molecular weight is 428 g/mol. The van der Waals surface area contributed by atoms with Gasteiger partial charge in [-0.25, -0.2) is 0 Å². The molecule has 0 aliphatic carbocycles. The van der Waals surface area contributed by atoms with Crippen LogP contribution in [0.3, 0.4) is 0 Å². The molecule has 6 heteroatoms. The Morgan fingerprint density at radius 2 is 1.56 bits per heavy atom. The quantitative estimate of drug-likeness (QED) is 0.351. The molecule has 27 heavy (non-hydrogen) atoms. The molecular formula is C21H31Cl2NO2Si. The molecule has 0 aromatic heterocycles. The van der Waals surface area contributed by atoms with Gasteiger partial charge in [-0.1, -0.05) is 71.2 Å². The van der Waals surface area contributed by atoms with E-state index in [0.717, 1.165) is 0 Å². The van der Waals surface area contributed by atoms with E-state index in [1.807, 2.05) is 0 Å². The molecule has 0 fully saturated rings. The number of hydrogen-bond donors (Lipinski definition) is 2. The van der Waals surface area contributed by atoms with Crippen molar-refractivity contribution in [2.45, 2.75) is 70.3 Å². The first-order chi connectivity index (χ1) is 12.6. The zero-order valence-corrected chi connectivity index (χ0v) is 19.5. The standard InChI is InChI=1S/C21H31Cl2NO2Si/c1-14(2)27(15(3)4,16(5)6)12-11-19(24-20(25)13-22)21(26)17-7-9-18(23)10-8-17/h7-10,14-16,19,21,26H,13H2,1-6H3,(H,24,25). The van der Waals surface area contributed by atoms with Crippen molar-refractivity contribution < 1.29 is 9.90 Å². The van der Waals surface area contributed by atoms with Crippen LogP contribution in [-0.2, 0) is 4.79 Å². The molecule has 2 atom stereocenters. The zero-order chi connectivity index (χ0) is 20.8. The van der Waals surface area contributed by atoms with Crippen molar-refractivity contribution in [1.29, 1.82) is 0 Å². The van der Waals surface area contributed by atoms with E-state index in [-0.39, 0.29) is 11.8 Å². The summed E-state index contributed by atoms with van der Waals surface area (Å²) < 4.78 is 0. The van der Waals surface area contributed by atoms with Crippen molar-refractivity contribution in [3.05, 3.63) is 34.9 Å². The monoisotopic (exact) mass is 427 g/mol. The van der Waals surface area contributed by atoms with Gasteiger partial charge in [0, 0.05) is 5.02 Å². The summed E-state index contributed by atoms with van der Waals surface area (Å²) in [5.41, 5.74) is 5.60. The highest BCUT2D eigenvalue weighted by atomic mass is 35.5. The predicted molar refractivity (Wildman–Crippen MR) is 118 cm³/mol. The molecule has 150 valence electrons. The minimum absolute atomic E-state index is 0.174. The lowest BCUT2D eigenvalue weighted by Crippen LogP contribution is -2.45. The Hall–Kier alpha value is -0.993. The first kappa shape index (κ1) is 24.0. The molecule has 0 radical (unpaired) electrons. The van der Waals surface area contributed by atoms with E-state index in [1.165, 1.54) is 0 Å². The van der Waals surface area contributed by atoms with Gasteiger partial charge in [-0.3, -0.25) is 4.79 Å². The molecule has 2 unspecified atom stereocenters. The molecular weight excluding hydrogens is 397 g/mol. The van der Waals surface area contributed by atoms with Crippen LogP contribution in [0.15, 0.2) is 24.3 Å². The van der Waals surface area contributed by atoms with E-state index in [9.17, 15) is 9.90 Å². The van der Waals surface area contributed by atoms with Crippen LogP contribution in [0.4, 0.5) is 0 Å². The van der Waals surface area contributed by atoms with Gasteiger partial charge in [0.25, 0.3) is 0 Å². The molecule has 2 N–H and O–H groups in total. The number of halogens is 2. The third-order valence-electron chi connectivity index (χ3n) is 5.28. The molecule has 1 amide bonds. The summed E-state index contributed by atoms with van der Waals surface area (Å²) >= 11 is 11.6. The van der Waals surface area contributed by atoms with Crippen LogP contribution in [0.2, 0.25) is 21.6 Å². The lowest BCUT2D eigenvalue weighted by Gasteiger charge is -2.38. The largest absolute Gasteiger partial charge is 0.385 e. The van der Waals surface area contributed by atoms with Gasteiger partial charge >= 0.3 is 0 Å². The Labute approximate surface area is 174 Å². The summed E-state index contributed by atoms with van der Waals surface area (Å²) in [6.45, 7) is 13.4. The lowest BCUT2D eigenvalue weighted by atomic mass is 10.0. The fraction of sp³-hybridized carbons (Fsp3) is 0.571. The molecule has 0 saturated heterocycles. The van der Waals surface area contributed by atoms with E-state index in [0.29, 0.717) is 27.2 Å². The summed E-state index contributed by atoms with van der Waals surface area (Å²) in [7, 11) is -1.98. The van der Waals surface area contributed by atoms with Crippen LogP contribution >= 0.6 is 23.2 Å². The second kappa shape index (κ2) is 10.5. The molecule has 1 aromatic carbocycles. The topological polar surface area (TPSA) is 49.3 Å². The van der Waals surface area contributed by atoms with Crippen LogP contribution in [0.25, 0.3) is 0 Å². The highest BCUT2D eigenvalue weighted by Gasteiger charge is 2.42. The number of carbonyl (C=O) groups is 1. The van der Waals surface area contributed by atoms with Crippen LogP contribution in [0.1, 0.15) is 53.2 Å². The summed E-state index contributed by atoms with van der Waals surface area (Å²) in [4.78, 5) is 11.9. The third kappa shape index (κ3) is 5.99. The van der Waals surface area contributed by atoms with E-state index in [1.54, 1.807) is 24.3 Å². The Balaban J connectivity index is 3.34. The Kier molecular flexibility index (Phi) is 9.37. The van der Waals surface area contributed by atoms with Gasteiger partial charge in [0.15, 0.2) is 0 Å². The number of benzene rings is 1. The predicted octanol–water partition coefficient (Wildman–Crippen LogP) is 5.32. The fourth-order valence-corrected chi connectivity index (χ4v) is 9.37. The van der Waals surface area contributed by atoms with Crippen LogP contribution in [0.5, 0.6) is 0 Å². The Bertz CT molecular complexity index is 656. The molecule has 0 aliphatic rings. The first-order valence-electron chi connectivity index (χ1n) is 9.37. The second-order valence-electron chi connectivity index (χ2n) is 7.84. The van der Waals surface area contributed by atoms with Gasteiger partial charge < -0.3 is 10.4 Å². The average Bonchev–Trinajstić information content (AvgIpc) is 2.60. The third-order valence-corrected chi connectivity index (χ3v) is 12.1. The number of alkyl halides is 1. The molecule has 0 bridgehead atoms. The van der Waals surface area contributed by atoms with Crippen molar-refractivity contribution in [2.24, 2.45) is 0 Å². The minimum Gasteiger partial charge on any atom is -0.385 e. The van der Waals surface area contributed by atoms with Crippen LogP contribution < -0.4 is 5.32 Å². The van der Waals surface area contributed by atoms with Crippen molar-refractivity contribution >= 4 is 37.2 Å². The smallest absolute Gasteiger partial charge is 0.235 e. The van der Waals surface area contributed by atoms with E-state index in [2.05, 4.69) is 58.3 Å². The highest BCUT2D eigenvalue weighted by Crippen LogP contribution is 2.40. The number of carbonyl (C=O) groups excluding carboxylic acids is 1. The normalized spacial score (nSPS) is 14.1. The van der Waals surface area contributed by atoms with Crippen molar-refractivity contribution in [1.82, 2.24) is 5.32 Å². The van der Waals surface area contributed by atoms with Crippen molar-refractivity contribution in [2.75, 3.05) is 5.88 Å². The number of amides is 1. The van der Waals surface area contributed by atoms with Gasteiger partial charge in [-0.15, -0.1) is 17.1 Å². The molecule has 0 aliphatic heterocycles. The van der Waals surface area contributed by atoms with E-state index >= 15 is 0 Å². The number of hydrogen-bond acceptors (Lipinski definition) is 2. The SMILES string of the molecule is CC(C)[Si](C#CC(NC(=O)CCl)C(O)c1ccc(Cl)cc1)(C(C)C)C(C)C. The number of aliphatic hydroxyl groups is 1. The minimum atomic E-state index is -1.98. The Morgan fingerprint density at radius 3 is 1.96 bits per heavy atom. The molecule has 1 rings (SSSR count). The van der Waals surface area contributed by atoms with Crippen molar-refractivity contribution in [3.8, 4) is 11.5 Å².